The Labute approximate surface area is 643 Å². The van der Waals surface area contributed by atoms with Gasteiger partial charge in [-0.1, -0.05) is 279 Å². The van der Waals surface area contributed by atoms with Crippen LogP contribution in [0.4, 0.5) is 0 Å². The summed E-state index contributed by atoms with van der Waals surface area (Å²) in [6.07, 6.45) is 3.42. The number of hydrogen-bond acceptors (Lipinski definition) is 18. The van der Waals surface area contributed by atoms with Crippen LogP contribution in [0.3, 0.4) is 0 Å². The van der Waals surface area contributed by atoms with E-state index < -0.39 is 99.6 Å². The van der Waals surface area contributed by atoms with Crippen LogP contribution >= 0.6 is 47.8 Å². The van der Waals surface area contributed by atoms with Gasteiger partial charge in [0.05, 0.1) is 19.8 Å². The van der Waals surface area contributed by atoms with Gasteiger partial charge in [0.15, 0.2) is 25.0 Å². The Kier molecular flexibility index (Phi) is 26.5. The molecule has 0 radical (unpaired) electrons. The molecule has 7 aromatic carbocycles. The second-order valence-corrected chi connectivity index (χ2v) is 68.8. The van der Waals surface area contributed by atoms with Crippen molar-refractivity contribution in [2.24, 2.45) is 0 Å². The molecule has 3 heterocycles. The fourth-order valence-corrected chi connectivity index (χ4v) is 63.8. The van der Waals surface area contributed by atoms with Gasteiger partial charge in [0, 0.05) is 36.3 Å². The molecule has 4 bridgehead atoms. The van der Waals surface area contributed by atoms with E-state index in [0.29, 0.717) is 93.0 Å². The second-order valence-electron chi connectivity index (χ2n) is 29.2. The molecule has 3 aliphatic heterocycles. The maximum atomic E-state index is 13.1. The van der Waals surface area contributed by atoms with Crippen LogP contribution in [0.1, 0.15) is 80.1 Å². The third-order valence-corrected chi connectivity index (χ3v) is 59.3. The first-order valence-electron chi connectivity index (χ1n) is 35.0. The molecule has 0 spiro atoms. The van der Waals surface area contributed by atoms with Gasteiger partial charge in [-0.05, 0) is 118 Å². The van der Waals surface area contributed by atoms with E-state index >= 15 is 0 Å². The van der Waals surface area contributed by atoms with Crippen molar-refractivity contribution in [3.8, 4) is 0 Å². The van der Waals surface area contributed by atoms with Crippen molar-refractivity contribution in [3.05, 3.63) is 212 Å². The molecule has 3 aliphatic rings. The van der Waals surface area contributed by atoms with E-state index in [1.807, 2.05) is 212 Å². The molecule has 552 valence electrons. The lowest BCUT2D eigenvalue weighted by Gasteiger charge is -2.59. The van der Waals surface area contributed by atoms with E-state index in [1.54, 1.807) is 41.5 Å². The predicted molar refractivity (Wildman–Crippen MR) is 432 cm³/mol. The first kappa shape index (κ1) is 81.6. The van der Waals surface area contributed by atoms with Crippen LogP contribution in [0.2, 0.25) is 57.4 Å². The fourth-order valence-electron chi connectivity index (χ4n) is 12.0. The minimum Gasteiger partial charge on any atom is -0.465 e. The van der Waals surface area contributed by atoms with Gasteiger partial charge < -0.3 is 63.6 Å². The number of alkyl halides is 3. The highest BCUT2D eigenvalue weighted by Crippen LogP contribution is 2.46. The number of rotatable bonds is 31. The average molecular weight is 1770 g/mol. The smallest absolute Gasteiger partial charge is 0.465 e. The summed E-state index contributed by atoms with van der Waals surface area (Å²) >= 11 is 10.4. The van der Waals surface area contributed by atoms with Gasteiger partial charge in [-0.2, -0.15) is 0 Å². The quantitative estimate of drug-likeness (QED) is 0.0131. The van der Waals surface area contributed by atoms with Gasteiger partial charge in [0.2, 0.25) is 0 Å². The molecule has 18 nitrogen and oxygen atoms in total. The summed E-state index contributed by atoms with van der Waals surface area (Å²) in [5.74, 6) is -1.09. The topological polar surface area (TPSA) is 190 Å². The van der Waals surface area contributed by atoms with Gasteiger partial charge in [0.1, 0.15) is 13.0 Å². The van der Waals surface area contributed by atoms with E-state index in [0.717, 1.165) is 0 Å². The van der Waals surface area contributed by atoms with Crippen molar-refractivity contribution in [3.63, 3.8) is 0 Å². The Bertz CT molecular complexity index is 3540. The Hall–Kier alpha value is -3.92. The van der Waals surface area contributed by atoms with Crippen LogP contribution in [0.5, 0.6) is 0 Å². The molecule has 10 rings (SSSR count). The lowest BCUT2D eigenvalue weighted by molar-refractivity contribution is -0.146. The maximum absolute atomic E-state index is 13.1. The highest BCUT2D eigenvalue weighted by atomic mass is 79.9. The van der Waals surface area contributed by atoms with Gasteiger partial charge in [-0.25, -0.2) is 0 Å². The molecule has 0 aromatic heterocycles. The van der Waals surface area contributed by atoms with Crippen molar-refractivity contribution < 1.29 is 78.0 Å². The van der Waals surface area contributed by atoms with Crippen molar-refractivity contribution in [1.29, 1.82) is 0 Å². The third kappa shape index (κ3) is 20.3. The third-order valence-electron chi connectivity index (χ3n) is 17.2. The first-order chi connectivity index (χ1) is 48.6. The maximum Gasteiger partial charge on any atom is 0.515 e. The molecular weight excluding hydrogens is 1670 g/mol. The monoisotopic (exact) mass is 1760 g/mol. The fraction of sp³-hybridized carbons (Fsp3) is 0.375. The number of unbranched alkanes of at least 4 members (excludes halogenated alkanes) is 3. The molecule has 31 heteroatoms. The largest absolute Gasteiger partial charge is 0.515 e. The lowest BCUT2D eigenvalue weighted by Crippen LogP contribution is -2.92. The van der Waals surface area contributed by atoms with Gasteiger partial charge in [-0.3, -0.25) is 14.4 Å². The van der Waals surface area contributed by atoms with E-state index in [1.165, 1.54) is 0 Å². The molecule has 103 heavy (non-hydrogen) atoms. The number of carbonyl (C=O) groups excluding carboxylic acids is 3. The number of hydrogen-bond donors (Lipinski definition) is 0. The van der Waals surface area contributed by atoms with Crippen LogP contribution in [0.15, 0.2) is 212 Å². The Morgan fingerprint density at radius 1 is 0.291 bits per heavy atom. The molecule has 0 N–H and O–H groups in total. The zero-order valence-corrected chi connectivity index (χ0v) is 75.4. The van der Waals surface area contributed by atoms with E-state index in [-0.39, 0.29) is 37.7 Å². The van der Waals surface area contributed by atoms with E-state index in [4.69, 9.17) is 63.6 Å². The number of benzene rings is 7. The molecule has 0 amide bonds. The summed E-state index contributed by atoms with van der Waals surface area (Å²) in [7, 11) is -45.5. The Morgan fingerprint density at radius 2 is 0.466 bits per heavy atom. The standard InChI is InChI=1S/C72H95Br3O18Si10/c1-70(2,73)67(76)79-54-34-37-57-94(7,8)82-97(60-40-20-13-21-41-60)85-100(63-46-26-16-27-47-63)87-98(61-42-22-14-23-43-61,83-95(9,10)58-38-35-55-80-68(77)71(3,4)74)89-102(65-50-30-18-31-51-65)90-99(62-44-24-15-25-45-62,84-96(11,12)59-39-36-56-81-69(78)72(5,6)75)88-101(86-97,64-48-28-17-29-49-64)92-103(91-100,93-102)66-52-32-19-33-53-66/h13-33,40-53H,34-39,54-59H2,1-12H3. The summed E-state index contributed by atoms with van der Waals surface area (Å²) in [5.41, 5.74) is 0. The van der Waals surface area contributed by atoms with Crippen LogP contribution in [0.25, 0.3) is 0 Å². The SMILES string of the molecule is CC(C)(Br)C(=O)OCCCC[Si](C)(C)O[Si]1(c2ccccc2)O[Si]2(c3ccccc3)O[Si](O[Si](C)(C)CCCCOC(=O)C(C)(C)Br)(c3ccccc3)O[Si]3(c4ccccc4)O[Si](O[Si](C)(C)CCCCOC(=O)C(C)(C)Br)(c4ccccc4)O[Si](c4ccccc4)(O1)O[Si](c1ccccc1)(O2)O3. The Morgan fingerprint density at radius 3 is 0.650 bits per heavy atom. The van der Waals surface area contributed by atoms with Gasteiger partial charge in [-0.15, -0.1) is 0 Å². The highest BCUT2D eigenvalue weighted by molar-refractivity contribution is 9.10. The van der Waals surface area contributed by atoms with Crippen molar-refractivity contribution in [2.75, 3.05) is 19.8 Å². The number of fused-ring (bicyclic) bond motifs is 3. The first-order valence-corrected chi connectivity index (χ1v) is 58.8. The zero-order valence-electron chi connectivity index (χ0n) is 60.7. The summed E-state index contributed by atoms with van der Waals surface area (Å²) < 4.78 is 118. The molecule has 3 saturated heterocycles. The van der Waals surface area contributed by atoms with E-state index in [2.05, 4.69) is 87.1 Å². The number of esters is 3. The van der Waals surface area contributed by atoms with Crippen LogP contribution in [-0.2, 0) is 78.0 Å². The second kappa shape index (κ2) is 33.5. The minimum atomic E-state index is -5.17. The summed E-state index contributed by atoms with van der Waals surface area (Å²) in [5, 5.41) is 3.61. The molecule has 0 saturated carbocycles. The molecule has 0 unspecified atom stereocenters. The number of ether oxygens (including phenoxy) is 3. The van der Waals surface area contributed by atoms with Crippen molar-refractivity contribution >= 4 is 189 Å². The molecular formula is C72H95Br3O18Si10. The normalized spacial score (nSPS) is 24.9. The van der Waals surface area contributed by atoms with Gasteiger partial charge in [0.25, 0.3) is 0 Å². The number of halogens is 3. The lowest BCUT2D eigenvalue weighted by atomic mass is 10.2. The van der Waals surface area contributed by atoms with Crippen molar-refractivity contribution in [1.82, 2.24) is 0 Å². The van der Waals surface area contributed by atoms with E-state index in [9.17, 15) is 14.4 Å². The molecule has 0 aliphatic carbocycles. The van der Waals surface area contributed by atoms with Crippen LogP contribution in [0, 0.1) is 0 Å². The highest BCUT2D eigenvalue weighted by Gasteiger charge is 2.81. The van der Waals surface area contributed by atoms with Crippen LogP contribution in [-0.4, -0.2) is 137 Å². The molecule has 3 fully saturated rings. The number of carbonyl (C=O) groups is 3. The van der Waals surface area contributed by atoms with Crippen molar-refractivity contribution in [2.45, 2.75) is 150 Å². The Balaban J connectivity index is 1.32. The zero-order chi connectivity index (χ0) is 74.1. The van der Waals surface area contributed by atoms with Crippen LogP contribution < -0.4 is 36.3 Å². The summed E-state index contributed by atoms with van der Waals surface area (Å²) in [4.78, 5) is 39.3. The minimum absolute atomic E-state index is 0.188. The summed E-state index contributed by atoms with van der Waals surface area (Å²) in [6, 6.07) is 69.3. The van der Waals surface area contributed by atoms with Gasteiger partial charge >= 0.3 is 79.5 Å². The predicted octanol–water partition coefficient (Wildman–Crippen LogP) is 12.3. The average Bonchev–Trinajstić information content (AvgIpc) is 0.682. The molecule has 7 aromatic rings. The summed E-state index contributed by atoms with van der Waals surface area (Å²) in [6.45, 7) is 24.0. The molecule has 0 atom stereocenters.